The molecule has 2 fully saturated rings. The van der Waals surface area contributed by atoms with Crippen LogP contribution in [0.15, 0.2) is 42.7 Å². The van der Waals surface area contributed by atoms with Gasteiger partial charge in [0, 0.05) is 36.6 Å². The minimum Gasteiger partial charge on any atom is -0.364 e. The van der Waals surface area contributed by atoms with E-state index in [2.05, 4.69) is 20.6 Å². The Morgan fingerprint density at radius 2 is 2.10 bits per heavy atom. The Hall–Kier alpha value is -3.00. The zero-order valence-corrected chi connectivity index (χ0v) is 16.4. The molecule has 5 rings (SSSR count). The van der Waals surface area contributed by atoms with E-state index < -0.39 is 11.6 Å². The first-order chi connectivity index (χ1) is 14.6. The van der Waals surface area contributed by atoms with Crippen molar-refractivity contribution in [2.45, 2.75) is 31.3 Å². The van der Waals surface area contributed by atoms with E-state index in [4.69, 9.17) is 0 Å². The van der Waals surface area contributed by atoms with Crippen molar-refractivity contribution in [2.24, 2.45) is 0 Å². The van der Waals surface area contributed by atoms with Crippen molar-refractivity contribution in [3.8, 4) is 0 Å². The normalized spacial score (nSPS) is 21.5. The standard InChI is InChI=1S/C22H23F2N5O/c23-14-3-4-19(24)17(10-14)20-2-1-8-28(20)16-6-9-29-21(11-16)18(13-26-29)22(30)27-15-5-7-25-12-15/h3-4,6,9-11,13,15,20,25H,1-2,5,7-8,12H2,(H,27,30). The summed E-state index contributed by atoms with van der Waals surface area (Å²) >= 11 is 0. The molecule has 0 bridgehead atoms. The predicted molar refractivity (Wildman–Crippen MR) is 110 cm³/mol. The Balaban J connectivity index is 1.46. The smallest absolute Gasteiger partial charge is 0.255 e. The van der Waals surface area contributed by atoms with Gasteiger partial charge in [-0.15, -0.1) is 0 Å². The van der Waals surface area contributed by atoms with E-state index >= 15 is 0 Å². The molecule has 2 N–H and O–H groups in total. The molecule has 0 spiro atoms. The highest BCUT2D eigenvalue weighted by Crippen LogP contribution is 2.38. The lowest BCUT2D eigenvalue weighted by Crippen LogP contribution is -2.36. The van der Waals surface area contributed by atoms with Crippen molar-refractivity contribution in [3.05, 3.63) is 65.5 Å². The van der Waals surface area contributed by atoms with Gasteiger partial charge in [0.05, 0.1) is 23.3 Å². The van der Waals surface area contributed by atoms with Crippen LogP contribution in [0.4, 0.5) is 14.5 Å². The number of nitrogens with one attached hydrogen (secondary N) is 2. The van der Waals surface area contributed by atoms with Crippen LogP contribution in [0.1, 0.15) is 41.2 Å². The number of pyridine rings is 1. The molecule has 0 saturated carbocycles. The van der Waals surface area contributed by atoms with E-state index in [0.717, 1.165) is 50.7 Å². The Kier molecular flexibility index (Phi) is 4.86. The van der Waals surface area contributed by atoms with Crippen LogP contribution in [0, 0.1) is 11.6 Å². The molecule has 2 aliphatic heterocycles. The number of anilines is 1. The van der Waals surface area contributed by atoms with Crippen LogP contribution in [0.3, 0.4) is 0 Å². The van der Waals surface area contributed by atoms with Crippen LogP contribution < -0.4 is 15.5 Å². The average Bonchev–Trinajstić information content (AvgIpc) is 3.49. The van der Waals surface area contributed by atoms with Crippen molar-refractivity contribution < 1.29 is 13.6 Å². The van der Waals surface area contributed by atoms with Gasteiger partial charge in [-0.2, -0.15) is 5.10 Å². The molecule has 1 aromatic carbocycles. The van der Waals surface area contributed by atoms with Crippen molar-refractivity contribution in [1.29, 1.82) is 0 Å². The first kappa shape index (κ1) is 19.0. The predicted octanol–water partition coefficient (Wildman–Crippen LogP) is 3.05. The Morgan fingerprint density at radius 1 is 1.20 bits per heavy atom. The Bertz CT molecular complexity index is 1090. The van der Waals surface area contributed by atoms with Crippen LogP contribution in [-0.2, 0) is 0 Å². The van der Waals surface area contributed by atoms with Gasteiger partial charge in [0.1, 0.15) is 11.6 Å². The number of carbonyl (C=O) groups is 1. The van der Waals surface area contributed by atoms with Crippen molar-refractivity contribution in [2.75, 3.05) is 24.5 Å². The highest BCUT2D eigenvalue weighted by atomic mass is 19.1. The largest absolute Gasteiger partial charge is 0.364 e. The molecule has 0 aliphatic carbocycles. The quantitative estimate of drug-likeness (QED) is 0.693. The number of fused-ring (bicyclic) bond motifs is 1. The molecule has 6 nitrogen and oxygen atoms in total. The lowest BCUT2D eigenvalue weighted by atomic mass is 10.0. The molecule has 1 amide bonds. The second-order valence-electron chi connectivity index (χ2n) is 7.95. The maximum absolute atomic E-state index is 14.4. The molecule has 8 heteroatoms. The number of hydrogen-bond acceptors (Lipinski definition) is 4. The number of halogens is 2. The lowest BCUT2D eigenvalue weighted by Gasteiger charge is -2.27. The number of benzene rings is 1. The third-order valence-corrected chi connectivity index (χ3v) is 6.05. The van der Waals surface area contributed by atoms with E-state index in [1.54, 1.807) is 16.9 Å². The molecule has 3 aromatic rings. The number of aromatic nitrogens is 2. The fourth-order valence-corrected chi connectivity index (χ4v) is 4.53. The summed E-state index contributed by atoms with van der Waals surface area (Å²) < 4.78 is 29.8. The van der Waals surface area contributed by atoms with Crippen LogP contribution in [0.5, 0.6) is 0 Å². The topological polar surface area (TPSA) is 61.7 Å². The minimum atomic E-state index is -0.440. The zero-order chi connectivity index (χ0) is 20.7. The van der Waals surface area contributed by atoms with E-state index in [0.29, 0.717) is 16.6 Å². The summed E-state index contributed by atoms with van der Waals surface area (Å²) in [5, 5.41) is 10.6. The summed E-state index contributed by atoms with van der Waals surface area (Å²) in [5.41, 5.74) is 2.44. The monoisotopic (exact) mass is 411 g/mol. The third kappa shape index (κ3) is 3.41. The molecular formula is C22H23F2N5O. The van der Waals surface area contributed by atoms with Gasteiger partial charge in [0.15, 0.2) is 0 Å². The van der Waals surface area contributed by atoms with Crippen molar-refractivity contribution in [1.82, 2.24) is 20.2 Å². The van der Waals surface area contributed by atoms with E-state index in [9.17, 15) is 13.6 Å². The van der Waals surface area contributed by atoms with Crippen LogP contribution in [0.25, 0.3) is 5.52 Å². The van der Waals surface area contributed by atoms with E-state index in [1.807, 2.05) is 12.1 Å². The van der Waals surface area contributed by atoms with Crippen LogP contribution in [-0.4, -0.2) is 41.2 Å². The first-order valence-corrected chi connectivity index (χ1v) is 10.3. The fourth-order valence-electron chi connectivity index (χ4n) is 4.53. The molecule has 0 radical (unpaired) electrons. The molecule has 156 valence electrons. The molecular weight excluding hydrogens is 388 g/mol. The Morgan fingerprint density at radius 3 is 2.93 bits per heavy atom. The van der Waals surface area contributed by atoms with Gasteiger partial charge in [-0.25, -0.2) is 13.3 Å². The second-order valence-corrected chi connectivity index (χ2v) is 7.95. The van der Waals surface area contributed by atoms with Crippen molar-refractivity contribution in [3.63, 3.8) is 0 Å². The number of nitrogens with zero attached hydrogens (tertiary/aromatic N) is 3. The summed E-state index contributed by atoms with van der Waals surface area (Å²) in [6.07, 6.45) is 5.91. The highest BCUT2D eigenvalue weighted by Gasteiger charge is 2.29. The van der Waals surface area contributed by atoms with E-state index in [1.165, 1.54) is 12.1 Å². The van der Waals surface area contributed by atoms with Crippen LogP contribution in [0.2, 0.25) is 0 Å². The van der Waals surface area contributed by atoms with Gasteiger partial charge in [-0.3, -0.25) is 4.79 Å². The molecule has 2 unspecified atom stereocenters. The average molecular weight is 411 g/mol. The maximum Gasteiger partial charge on any atom is 0.255 e. The molecule has 2 aromatic heterocycles. The number of carbonyl (C=O) groups excluding carboxylic acids is 1. The lowest BCUT2D eigenvalue weighted by molar-refractivity contribution is 0.0941. The van der Waals surface area contributed by atoms with Gasteiger partial charge >= 0.3 is 0 Å². The molecule has 2 saturated heterocycles. The van der Waals surface area contributed by atoms with Crippen LogP contribution >= 0.6 is 0 Å². The van der Waals surface area contributed by atoms with Gasteiger partial charge < -0.3 is 15.5 Å². The summed E-state index contributed by atoms with van der Waals surface area (Å²) in [6, 6.07) is 7.29. The van der Waals surface area contributed by atoms with E-state index in [-0.39, 0.29) is 18.0 Å². The second kappa shape index (κ2) is 7.68. The van der Waals surface area contributed by atoms with Crippen molar-refractivity contribution >= 4 is 17.1 Å². The maximum atomic E-state index is 14.4. The molecule has 2 aliphatic rings. The summed E-state index contributed by atoms with van der Waals surface area (Å²) in [7, 11) is 0. The molecule has 30 heavy (non-hydrogen) atoms. The minimum absolute atomic E-state index is 0.120. The van der Waals surface area contributed by atoms with Gasteiger partial charge in [0.2, 0.25) is 0 Å². The Labute approximate surface area is 172 Å². The molecule has 2 atom stereocenters. The van der Waals surface area contributed by atoms with Gasteiger partial charge in [0.25, 0.3) is 5.91 Å². The first-order valence-electron chi connectivity index (χ1n) is 10.3. The number of hydrogen-bond donors (Lipinski definition) is 2. The number of amides is 1. The molecule has 4 heterocycles. The summed E-state index contributed by atoms with van der Waals surface area (Å²) in [4.78, 5) is 14.9. The van der Waals surface area contributed by atoms with Gasteiger partial charge in [-0.05, 0) is 56.1 Å². The fraction of sp³-hybridized carbons (Fsp3) is 0.364. The van der Waals surface area contributed by atoms with Gasteiger partial charge in [-0.1, -0.05) is 0 Å². The highest BCUT2D eigenvalue weighted by molar-refractivity contribution is 6.01. The summed E-state index contributed by atoms with van der Waals surface area (Å²) in [6.45, 7) is 2.40. The SMILES string of the molecule is O=C(NC1CCNC1)c1cnn2ccc(N3CCCC3c3cc(F)ccc3F)cc12. The summed E-state index contributed by atoms with van der Waals surface area (Å²) in [5.74, 6) is -0.987. The third-order valence-electron chi connectivity index (χ3n) is 6.05. The number of rotatable bonds is 4. The zero-order valence-electron chi connectivity index (χ0n) is 16.4.